The molecule has 1 aromatic heterocycles. The van der Waals surface area contributed by atoms with Gasteiger partial charge in [-0.15, -0.1) is 0 Å². The number of aromatic nitrogens is 2. The molecule has 1 saturated heterocycles. The second-order valence-electron chi connectivity index (χ2n) is 7.55. The maximum Gasteiger partial charge on any atom is 0.272 e. The van der Waals surface area contributed by atoms with Crippen LogP contribution in [-0.2, 0) is 10.0 Å². The van der Waals surface area contributed by atoms with Gasteiger partial charge in [-0.2, -0.15) is 9.40 Å². The number of sulfonamides is 1. The number of hydrogen-bond acceptors (Lipinski definition) is 5. The predicted molar refractivity (Wildman–Crippen MR) is 114 cm³/mol. The third-order valence-electron chi connectivity index (χ3n) is 5.67. The number of fused-ring (bicyclic) bond motifs is 1. The molecule has 3 aromatic rings. The fourth-order valence-corrected chi connectivity index (χ4v) is 5.64. The van der Waals surface area contributed by atoms with Gasteiger partial charge in [0.1, 0.15) is 6.54 Å². The summed E-state index contributed by atoms with van der Waals surface area (Å²) in [6.45, 7) is 4.69. The Morgan fingerprint density at radius 3 is 2.53 bits per heavy atom. The number of benzene rings is 2. The summed E-state index contributed by atoms with van der Waals surface area (Å²) >= 11 is 0. The van der Waals surface area contributed by atoms with Crippen LogP contribution in [0, 0.1) is 6.92 Å². The normalized spacial score (nSPS) is 16.2. The molecule has 0 amide bonds. The first-order chi connectivity index (χ1) is 14.4. The van der Waals surface area contributed by atoms with E-state index in [1.54, 1.807) is 31.2 Å². The van der Waals surface area contributed by atoms with E-state index in [2.05, 4.69) is 10.2 Å². The van der Waals surface area contributed by atoms with E-state index < -0.39 is 10.0 Å². The van der Waals surface area contributed by atoms with E-state index in [1.165, 1.54) is 9.21 Å². The van der Waals surface area contributed by atoms with E-state index >= 15 is 0 Å². The zero-order valence-corrected chi connectivity index (χ0v) is 17.6. The molecular formula is C21H25N4O4S+. The van der Waals surface area contributed by atoms with Gasteiger partial charge in [0, 0.05) is 10.9 Å². The molecule has 3 N–H and O–H groups in total. The molecule has 0 aliphatic carbocycles. The number of aromatic amines is 1. The predicted octanol–water partition coefficient (Wildman–Crippen LogP) is -0.220. The molecule has 8 nitrogen and oxygen atoms in total. The quantitative estimate of drug-likeness (QED) is 0.520. The van der Waals surface area contributed by atoms with Gasteiger partial charge < -0.3 is 10.0 Å². The Hall–Kier alpha value is -2.59. The van der Waals surface area contributed by atoms with Crippen molar-refractivity contribution in [2.24, 2.45) is 0 Å². The molecule has 0 saturated carbocycles. The van der Waals surface area contributed by atoms with Gasteiger partial charge in [-0.1, -0.05) is 30.3 Å². The highest BCUT2D eigenvalue weighted by molar-refractivity contribution is 7.89. The minimum atomic E-state index is -3.67. The van der Waals surface area contributed by atoms with Crippen molar-refractivity contribution in [2.45, 2.75) is 11.8 Å². The van der Waals surface area contributed by atoms with Crippen LogP contribution in [0.2, 0.25) is 0 Å². The molecule has 1 fully saturated rings. The van der Waals surface area contributed by atoms with E-state index in [1.807, 2.05) is 18.2 Å². The van der Waals surface area contributed by atoms with Gasteiger partial charge >= 0.3 is 0 Å². The molecule has 0 radical (unpaired) electrons. The summed E-state index contributed by atoms with van der Waals surface area (Å²) in [5.74, 6) is 0. The number of piperazine rings is 1. The van der Waals surface area contributed by atoms with Crippen LogP contribution in [0.4, 0.5) is 0 Å². The second-order valence-corrected chi connectivity index (χ2v) is 9.46. The summed E-state index contributed by atoms with van der Waals surface area (Å²) in [5.41, 5.74) is 1.56. The molecule has 2 aromatic carbocycles. The zero-order chi connectivity index (χ0) is 21.3. The molecule has 1 aliphatic heterocycles. The first kappa shape index (κ1) is 20.7. The Kier molecular flexibility index (Phi) is 5.70. The van der Waals surface area contributed by atoms with Gasteiger partial charge in [-0.25, -0.2) is 13.5 Å². The maximum atomic E-state index is 13.4. The van der Waals surface area contributed by atoms with Crippen molar-refractivity contribution in [1.29, 1.82) is 0 Å². The van der Waals surface area contributed by atoms with Crippen molar-refractivity contribution in [3.8, 4) is 11.3 Å². The summed E-state index contributed by atoms with van der Waals surface area (Å²) in [6, 6.07) is 12.4. The summed E-state index contributed by atoms with van der Waals surface area (Å²) < 4.78 is 28.2. The molecule has 4 rings (SSSR count). The van der Waals surface area contributed by atoms with Gasteiger partial charge in [0.25, 0.3) is 5.56 Å². The maximum absolute atomic E-state index is 13.4. The topological polar surface area (TPSA) is 108 Å². The number of nitrogens with one attached hydrogen (secondary N) is 2. The van der Waals surface area contributed by atoms with Crippen LogP contribution in [-0.4, -0.2) is 67.4 Å². The van der Waals surface area contributed by atoms with E-state index in [4.69, 9.17) is 5.11 Å². The SMILES string of the molecule is Cc1ccc(-c2n[nH]c(=O)c3ccccc23)cc1S(=O)(=O)N1CC[NH+](CCO)CC1. The van der Waals surface area contributed by atoms with Gasteiger partial charge in [0.2, 0.25) is 10.0 Å². The molecule has 0 unspecified atom stereocenters. The van der Waals surface area contributed by atoms with E-state index in [0.717, 1.165) is 0 Å². The zero-order valence-electron chi connectivity index (χ0n) is 16.8. The number of aliphatic hydroxyl groups is 1. The molecule has 0 atom stereocenters. The number of quaternary nitrogens is 1. The molecular weight excluding hydrogens is 404 g/mol. The molecule has 0 bridgehead atoms. The second kappa shape index (κ2) is 8.27. The van der Waals surface area contributed by atoms with Crippen molar-refractivity contribution >= 4 is 20.8 Å². The van der Waals surface area contributed by atoms with Gasteiger partial charge in [0.15, 0.2) is 0 Å². The average Bonchev–Trinajstić information content (AvgIpc) is 2.75. The molecule has 2 heterocycles. The minimum Gasteiger partial charge on any atom is -0.391 e. The summed E-state index contributed by atoms with van der Waals surface area (Å²) in [6.07, 6.45) is 0. The fourth-order valence-electron chi connectivity index (χ4n) is 3.95. The van der Waals surface area contributed by atoms with Crippen LogP contribution in [0.5, 0.6) is 0 Å². The molecule has 1 aliphatic rings. The lowest BCUT2D eigenvalue weighted by Gasteiger charge is -2.31. The van der Waals surface area contributed by atoms with E-state index in [0.29, 0.717) is 60.3 Å². The highest BCUT2D eigenvalue weighted by atomic mass is 32.2. The Bertz CT molecular complexity index is 1230. The van der Waals surface area contributed by atoms with Crippen molar-refractivity contribution in [3.05, 3.63) is 58.4 Å². The van der Waals surface area contributed by atoms with E-state index in [9.17, 15) is 13.2 Å². The molecule has 30 heavy (non-hydrogen) atoms. The minimum absolute atomic E-state index is 0.101. The largest absolute Gasteiger partial charge is 0.391 e. The Morgan fingerprint density at radius 1 is 1.13 bits per heavy atom. The van der Waals surface area contributed by atoms with Crippen LogP contribution >= 0.6 is 0 Å². The van der Waals surface area contributed by atoms with Crippen LogP contribution < -0.4 is 10.5 Å². The summed E-state index contributed by atoms with van der Waals surface area (Å²) in [7, 11) is -3.67. The number of aliphatic hydroxyl groups excluding tert-OH is 1. The lowest BCUT2D eigenvalue weighted by molar-refractivity contribution is -0.904. The van der Waals surface area contributed by atoms with Gasteiger partial charge in [0.05, 0.1) is 48.8 Å². The summed E-state index contributed by atoms with van der Waals surface area (Å²) in [4.78, 5) is 13.5. The number of H-pyrrole nitrogens is 1. The van der Waals surface area contributed by atoms with Crippen molar-refractivity contribution in [1.82, 2.24) is 14.5 Å². The highest BCUT2D eigenvalue weighted by Crippen LogP contribution is 2.29. The van der Waals surface area contributed by atoms with Crippen LogP contribution in [0.3, 0.4) is 0 Å². The van der Waals surface area contributed by atoms with Gasteiger partial charge in [-0.3, -0.25) is 4.79 Å². The first-order valence-electron chi connectivity index (χ1n) is 9.95. The monoisotopic (exact) mass is 429 g/mol. The number of hydrogen-bond donors (Lipinski definition) is 3. The fraction of sp³-hybridized carbons (Fsp3) is 0.333. The Balaban J connectivity index is 1.73. The number of rotatable bonds is 5. The average molecular weight is 430 g/mol. The Morgan fingerprint density at radius 2 is 1.83 bits per heavy atom. The third-order valence-corrected chi connectivity index (χ3v) is 7.71. The summed E-state index contributed by atoms with van der Waals surface area (Å²) in [5, 5.41) is 17.0. The van der Waals surface area contributed by atoms with Crippen molar-refractivity contribution in [2.75, 3.05) is 39.3 Å². The van der Waals surface area contributed by atoms with Crippen molar-refractivity contribution < 1.29 is 18.4 Å². The lowest BCUT2D eigenvalue weighted by Crippen LogP contribution is -3.15. The molecule has 158 valence electrons. The Labute approximate surface area is 174 Å². The van der Waals surface area contributed by atoms with Crippen molar-refractivity contribution in [3.63, 3.8) is 0 Å². The smallest absolute Gasteiger partial charge is 0.272 e. The highest BCUT2D eigenvalue weighted by Gasteiger charge is 2.31. The number of aryl methyl sites for hydroxylation is 1. The third kappa shape index (κ3) is 3.77. The molecule has 0 spiro atoms. The van der Waals surface area contributed by atoms with Crippen LogP contribution in [0.1, 0.15) is 5.56 Å². The number of nitrogens with zero attached hydrogens (tertiary/aromatic N) is 2. The van der Waals surface area contributed by atoms with Crippen LogP contribution in [0.15, 0.2) is 52.2 Å². The van der Waals surface area contributed by atoms with Gasteiger partial charge in [-0.05, 0) is 24.6 Å². The standard InChI is InChI=1S/C21H24N4O4S/c1-15-6-7-16(20-17-4-2-3-5-18(17)21(27)23-22-20)14-19(15)30(28,29)25-10-8-24(9-11-25)12-13-26/h2-7,14,26H,8-13H2,1H3,(H,23,27)/p+1. The van der Waals surface area contributed by atoms with Crippen LogP contribution in [0.25, 0.3) is 22.0 Å². The first-order valence-corrected chi connectivity index (χ1v) is 11.4. The van der Waals surface area contributed by atoms with E-state index in [-0.39, 0.29) is 17.1 Å². The lowest BCUT2D eigenvalue weighted by atomic mass is 10.0. The molecule has 9 heteroatoms.